The smallest absolute Gasteiger partial charge is 0.0651 e. The van der Waals surface area contributed by atoms with E-state index in [2.05, 4.69) is 0 Å². The normalized spacial score (nSPS) is 48.3. The van der Waals surface area contributed by atoms with Crippen LogP contribution in [0.3, 0.4) is 0 Å². The Morgan fingerprint density at radius 3 is 3.00 bits per heavy atom. The average Bonchev–Trinajstić information content (AvgIpc) is 2.60. The van der Waals surface area contributed by atoms with Gasteiger partial charge in [-0.05, 0) is 25.3 Å². The van der Waals surface area contributed by atoms with Crippen molar-refractivity contribution in [2.45, 2.75) is 18.9 Å². The minimum atomic E-state index is 0.559. The zero-order valence-electron chi connectivity index (χ0n) is 5.55. The van der Waals surface area contributed by atoms with Crippen molar-refractivity contribution in [1.82, 2.24) is 0 Å². The molecule has 1 saturated heterocycles. The summed E-state index contributed by atoms with van der Waals surface area (Å²) in [4.78, 5) is 0. The van der Waals surface area contributed by atoms with Gasteiger partial charge in [-0.25, -0.2) is 0 Å². The van der Waals surface area contributed by atoms with Crippen molar-refractivity contribution < 1.29 is 4.74 Å². The molecule has 0 radical (unpaired) electrons. The minimum absolute atomic E-state index is 0.559. The highest BCUT2D eigenvalue weighted by Crippen LogP contribution is 2.46. The van der Waals surface area contributed by atoms with Crippen LogP contribution in [0.4, 0.5) is 0 Å². The lowest BCUT2D eigenvalue weighted by Gasteiger charge is -2.07. The Bertz CT molecular complexity index is 96.7. The van der Waals surface area contributed by atoms with Gasteiger partial charge in [-0.2, -0.15) is 0 Å². The first kappa shape index (κ1) is 5.69. The predicted molar refractivity (Wildman–Crippen MR) is 35.0 cm³/mol. The molecule has 3 atom stereocenters. The average molecular weight is 127 g/mol. The number of ether oxygens (including phenoxy) is 1. The van der Waals surface area contributed by atoms with Crippen molar-refractivity contribution in [3.05, 3.63) is 0 Å². The fraction of sp³-hybridized carbons (Fsp3) is 1.00. The fourth-order valence-corrected chi connectivity index (χ4v) is 1.88. The molecule has 0 amide bonds. The van der Waals surface area contributed by atoms with Crippen LogP contribution >= 0.6 is 0 Å². The van der Waals surface area contributed by atoms with Gasteiger partial charge in [-0.1, -0.05) is 0 Å². The third-order valence-electron chi connectivity index (χ3n) is 2.52. The number of hydrogen-bond donors (Lipinski definition) is 1. The first-order chi connectivity index (χ1) is 4.43. The molecule has 1 aliphatic carbocycles. The van der Waals surface area contributed by atoms with Crippen LogP contribution in [-0.4, -0.2) is 19.3 Å². The summed E-state index contributed by atoms with van der Waals surface area (Å²) in [6, 6.07) is 0. The highest BCUT2D eigenvalue weighted by Gasteiger charge is 2.51. The minimum Gasteiger partial charge on any atom is -0.378 e. The molecule has 1 aliphatic heterocycles. The van der Waals surface area contributed by atoms with Crippen molar-refractivity contribution in [3.63, 3.8) is 0 Å². The lowest BCUT2D eigenvalue weighted by atomic mass is 10.2. The molecule has 1 heterocycles. The van der Waals surface area contributed by atoms with Gasteiger partial charge in [-0.15, -0.1) is 0 Å². The first-order valence-corrected chi connectivity index (χ1v) is 3.75. The molecule has 2 fully saturated rings. The van der Waals surface area contributed by atoms with Gasteiger partial charge in [0.25, 0.3) is 0 Å². The molecule has 52 valence electrons. The summed E-state index contributed by atoms with van der Waals surface area (Å²) in [5.74, 6) is 1.55. The topological polar surface area (TPSA) is 35.2 Å². The Morgan fingerprint density at radius 2 is 2.44 bits per heavy atom. The molecule has 0 aromatic heterocycles. The molecule has 3 unspecified atom stereocenters. The molecule has 1 saturated carbocycles. The maximum Gasteiger partial charge on any atom is 0.0651 e. The Kier molecular flexibility index (Phi) is 1.24. The van der Waals surface area contributed by atoms with E-state index in [4.69, 9.17) is 10.5 Å². The second-order valence-electron chi connectivity index (χ2n) is 3.04. The summed E-state index contributed by atoms with van der Waals surface area (Å²) in [6.07, 6.45) is 3.16. The molecular weight excluding hydrogens is 114 g/mol. The second kappa shape index (κ2) is 1.96. The molecule has 0 spiro atoms. The van der Waals surface area contributed by atoms with Gasteiger partial charge >= 0.3 is 0 Å². The molecule has 2 aliphatic rings. The van der Waals surface area contributed by atoms with E-state index in [0.717, 1.165) is 19.1 Å². The van der Waals surface area contributed by atoms with Crippen molar-refractivity contribution in [2.24, 2.45) is 17.6 Å². The summed E-state index contributed by atoms with van der Waals surface area (Å²) in [6.45, 7) is 1.80. The van der Waals surface area contributed by atoms with Crippen LogP contribution in [0.25, 0.3) is 0 Å². The molecule has 0 aromatic carbocycles. The Hall–Kier alpha value is -0.0800. The molecule has 2 heteroatoms. The van der Waals surface area contributed by atoms with Crippen LogP contribution in [0, 0.1) is 11.8 Å². The van der Waals surface area contributed by atoms with E-state index < -0.39 is 0 Å². The van der Waals surface area contributed by atoms with Gasteiger partial charge in [0.05, 0.1) is 6.10 Å². The van der Waals surface area contributed by atoms with E-state index in [1.807, 2.05) is 0 Å². The number of fused-ring (bicyclic) bond motifs is 1. The van der Waals surface area contributed by atoms with E-state index in [9.17, 15) is 0 Å². The number of rotatable bonds is 1. The first-order valence-electron chi connectivity index (χ1n) is 3.75. The van der Waals surface area contributed by atoms with Gasteiger partial charge in [-0.3, -0.25) is 0 Å². The summed E-state index contributed by atoms with van der Waals surface area (Å²) in [5.41, 5.74) is 5.51. The maximum atomic E-state index is 5.51. The van der Waals surface area contributed by atoms with E-state index in [1.54, 1.807) is 0 Å². The summed E-state index contributed by atoms with van der Waals surface area (Å²) in [5, 5.41) is 0. The van der Waals surface area contributed by atoms with Crippen molar-refractivity contribution in [1.29, 1.82) is 0 Å². The fourth-order valence-electron chi connectivity index (χ4n) is 1.88. The quantitative estimate of drug-likeness (QED) is 0.552. The molecular formula is C7H13NO. The third-order valence-corrected chi connectivity index (χ3v) is 2.52. The number of nitrogens with two attached hydrogens (primary N) is 1. The van der Waals surface area contributed by atoms with Crippen molar-refractivity contribution >= 4 is 0 Å². The van der Waals surface area contributed by atoms with E-state index >= 15 is 0 Å². The standard InChI is InChI=1S/C7H13NO/c8-4-6-5-2-1-3-9-7(5)6/h5-7H,1-4,8H2. The summed E-state index contributed by atoms with van der Waals surface area (Å²) in [7, 11) is 0. The van der Waals surface area contributed by atoms with Crippen LogP contribution in [0.2, 0.25) is 0 Å². The second-order valence-corrected chi connectivity index (χ2v) is 3.04. The molecule has 2 nitrogen and oxygen atoms in total. The Labute approximate surface area is 55.4 Å². The van der Waals surface area contributed by atoms with Gasteiger partial charge in [0.1, 0.15) is 0 Å². The molecule has 0 bridgehead atoms. The lowest BCUT2D eigenvalue weighted by Crippen LogP contribution is -2.07. The molecule has 2 N–H and O–H groups in total. The third kappa shape index (κ3) is 0.775. The van der Waals surface area contributed by atoms with Crippen LogP contribution in [0.1, 0.15) is 12.8 Å². The highest BCUT2D eigenvalue weighted by molar-refractivity contribution is 5.00. The molecule has 9 heavy (non-hydrogen) atoms. The number of hydrogen-bond acceptors (Lipinski definition) is 2. The molecule has 2 rings (SSSR count). The summed E-state index contributed by atoms with van der Waals surface area (Å²) >= 11 is 0. The van der Waals surface area contributed by atoms with E-state index in [-0.39, 0.29) is 0 Å². The Morgan fingerprint density at radius 1 is 1.56 bits per heavy atom. The zero-order valence-corrected chi connectivity index (χ0v) is 5.55. The zero-order chi connectivity index (χ0) is 6.27. The van der Waals surface area contributed by atoms with Crippen LogP contribution in [-0.2, 0) is 4.74 Å². The molecule has 0 aromatic rings. The Balaban J connectivity index is 1.91. The van der Waals surface area contributed by atoms with Gasteiger partial charge in [0, 0.05) is 12.5 Å². The van der Waals surface area contributed by atoms with Crippen molar-refractivity contribution in [3.8, 4) is 0 Å². The monoisotopic (exact) mass is 127 g/mol. The van der Waals surface area contributed by atoms with Crippen LogP contribution in [0.5, 0.6) is 0 Å². The van der Waals surface area contributed by atoms with Crippen molar-refractivity contribution in [2.75, 3.05) is 13.2 Å². The van der Waals surface area contributed by atoms with Gasteiger partial charge < -0.3 is 10.5 Å². The summed E-state index contributed by atoms with van der Waals surface area (Å²) < 4.78 is 5.48. The lowest BCUT2D eigenvalue weighted by molar-refractivity contribution is 0.0757. The van der Waals surface area contributed by atoms with Crippen LogP contribution < -0.4 is 5.73 Å². The largest absolute Gasteiger partial charge is 0.378 e. The SMILES string of the molecule is NCC1C2CCCOC12. The van der Waals surface area contributed by atoms with Gasteiger partial charge in [0.15, 0.2) is 0 Å². The maximum absolute atomic E-state index is 5.51. The van der Waals surface area contributed by atoms with Gasteiger partial charge in [0.2, 0.25) is 0 Å². The van der Waals surface area contributed by atoms with E-state index in [1.165, 1.54) is 12.8 Å². The predicted octanol–water partition coefficient (Wildman–Crippen LogP) is 0.370. The van der Waals surface area contributed by atoms with Crippen LogP contribution in [0.15, 0.2) is 0 Å². The van der Waals surface area contributed by atoms with E-state index in [0.29, 0.717) is 12.0 Å². The highest BCUT2D eigenvalue weighted by atomic mass is 16.5.